The van der Waals surface area contributed by atoms with Gasteiger partial charge in [0, 0.05) is 92.9 Å². The number of ether oxygens (including phenoxy) is 2. The second-order valence-electron chi connectivity index (χ2n) is 29.3. The first-order chi connectivity index (χ1) is 42.6. The van der Waals surface area contributed by atoms with Gasteiger partial charge in [-0.15, -0.1) is 0 Å². The maximum absolute atomic E-state index is 15.4. The first-order valence-electron chi connectivity index (χ1n) is 33.9. The molecule has 2 rings (SSSR count). The van der Waals surface area contributed by atoms with Crippen molar-refractivity contribution in [3.63, 3.8) is 0 Å². The Morgan fingerprint density at radius 2 is 0.967 bits per heavy atom. The highest BCUT2D eigenvalue weighted by Crippen LogP contribution is 2.30. The summed E-state index contributed by atoms with van der Waals surface area (Å²) in [5, 5.41) is 15.3. The molecule has 2 saturated heterocycles. The highest BCUT2D eigenvalue weighted by atomic mass is 16.6. The second-order valence-corrected chi connectivity index (χ2v) is 29.3. The van der Waals surface area contributed by atoms with Crippen LogP contribution in [0, 0.1) is 59.2 Å². The minimum atomic E-state index is -1.53. The number of nitrogens with one attached hydrogen (secondary N) is 1. The van der Waals surface area contributed by atoms with Gasteiger partial charge < -0.3 is 59.1 Å². The van der Waals surface area contributed by atoms with Crippen LogP contribution in [0.3, 0.4) is 0 Å². The lowest BCUT2D eigenvalue weighted by atomic mass is 9.84. The first kappa shape index (κ1) is 82.7. The van der Waals surface area contributed by atoms with E-state index in [1.165, 1.54) is 97.5 Å². The van der Waals surface area contributed by atoms with Crippen molar-refractivity contribution < 1.29 is 67.3 Å². The number of amides is 8. The van der Waals surface area contributed by atoms with E-state index in [2.05, 4.69) is 5.32 Å². The number of aliphatic hydroxyl groups is 1. The smallest absolute Gasteiger partial charge is 0.246 e. The van der Waals surface area contributed by atoms with E-state index in [9.17, 15) is 38.7 Å². The number of hydrogen-bond acceptors (Lipinski definition) is 15. The van der Waals surface area contributed by atoms with Crippen LogP contribution in [0.15, 0.2) is 0 Å². The molecule has 8 amide bonds. The number of carbonyl (C=O) groups is 11. The molecule has 0 aromatic rings. The zero-order valence-electron chi connectivity index (χ0n) is 61.1. The van der Waals surface area contributed by atoms with Crippen LogP contribution in [-0.2, 0) is 62.2 Å². The third-order valence-electron chi connectivity index (χ3n) is 19.0. The first-order valence-corrected chi connectivity index (χ1v) is 33.9. The number of nitrogens with zero attached hydrogens (tertiary/aromatic N) is 8. The number of carbonyl (C=O) groups excluding carboxylic acids is 11. The standard InChI is InChI=1S/C69H123N9O14/c1-26-49-35-57(81)60(61(82)45(14)27-28-71(18)37-50-38-91-29-30-92-50)78(25)69(90)59(44(12)13)77(24)67(88)54(33-41(6)7)75(22)68(89)58(43(10)11)76(23)63(84)47(16)70-62(83)46(15)34-55(79)52(31-39(2)3)74(21)66(87)51(42(8)9)36-56(80)53(32-40(4)5)73(20)64(85)48(17)72(19)65(49)86/h39-54,58-61,82H,26-38H2,1-25H3,(H,70,83)/t45-,46+,47+,48-,49+,50?,51-,52-,53+,54-,58?,59-,60+,61-/m1/s1. The van der Waals surface area contributed by atoms with Crippen molar-refractivity contribution in [3.05, 3.63) is 0 Å². The van der Waals surface area contributed by atoms with Gasteiger partial charge in [-0.1, -0.05) is 104 Å². The summed E-state index contributed by atoms with van der Waals surface area (Å²) in [6, 6.07) is -9.43. The van der Waals surface area contributed by atoms with Gasteiger partial charge >= 0.3 is 0 Å². The van der Waals surface area contributed by atoms with Crippen molar-refractivity contribution in [2.75, 3.05) is 89.3 Å². The van der Waals surface area contributed by atoms with Gasteiger partial charge in [-0.25, -0.2) is 0 Å². The Bertz CT molecular complexity index is 2480. The Morgan fingerprint density at radius 1 is 0.511 bits per heavy atom. The quantitative estimate of drug-likeness (QED) is 0.187. The van der Waals surface area contributed by atoms with Crippen LogP contribution in [0.4, 0.5) is 0 Å². The van der Waals surface area contributed by atoms with Crippen molar-refractivity contribution in [3.8, 4) is 0 Å². The van der Waals surface area contributed by atoms with Gasteiger partial charge in [0.15, 0.2) is 17.3 Å². The molecular weight excluding hydrogens is 1180 g/mol. The number of rotatable bonds is 17. The fourth-order valence-corrected chi connectivity index (χ4v) is 12.9. The van der Waals surface area contributed by atoms with E-state index in [1.54, 1.807) is 48.5 Å². The average molecular weight is 1300 g/mol. The molecule has 2 aliphatic rings. The van der Waals surface area contributed by atoms with E-state index in [-0.39, 0.29) is 68.2 Å². The lowest BCUT2D eigenvalue weighted by Gasteiger charge is -2.42. The zero-order valence-corrected chi connectivity index (χ0v) is 61.1. The summed E-state index contributed by atoms with van der Waals surface area (Å²) in [6.07, 6.45) is -1.51. The van der Waals surface area contributed by atoms with E-state index in [4.69, 9.17) is 9.47 Å². The summed E-state index contributed by atoms with van der Waals surface area (Å²) in [4.78, 5) is 174. The Kier molecular flexibility index (Phi) is 33.8. The molecular formula is C69H123N9O14. The molecule has 23 nitrogen and oxygen atoms in total. The summed E-state index contributed by atoms with van der Waals surface area (Å²) in [5.41, 5.74) is 0. The van der Waals surface area contributed by atoms with Crippen LogP contribution >= 0.6 is 0 Å². The molecule has 0 spiro atoms. The molecule has 14 atom stereocenters. The normalized spacial score (nSPS) is 28.6. The van der Waals surface area contributed by atoms with Crippen LogP contribution in [0.25, 0.3) is 0 Å². The van der Waals surface area contributed by atoms with E-state index in [0.717, 1.165) is 0 Å². The molecule has 528 valence electrons. The van der Waals surface area contributed by atoms with Gasteiger partial charge in [0.1, 0.15) is 36.3 Å². The molecule has 0 saturated carbocycles. The molecule has 0 aromatic heterocycles. The molecule has 2 fully saturated rings. The molecule has 0 radical (unpaired) electrons. The zero-order chi connectivity index (χ0) is 70.8. The van der Waals surface area contributed by atoms with E-state index >= 15 is 19.2 Å². The summed E-state index contributed by atoms with van der Waals surface area (Å²) < 4.78 is 11.5. The lowest BCUT2D eigenvalue weighted by molar-refractivity contribution is -0.157. The van der Waals surface area contributed by atoms with Crippen molar-refractivity contribution in [1.29, 1.82) is 0 Å². The maximum Gasteiger partial charge on any atom is 0.246 e. The van der Waals surface area contributed by atoms with Crippen molar-refractivity contribution in [2.45, 2.75) is 230 Å². The third-order valence-corrected chi connectivity index (χ3v) is 19.0. The SMILES string of the molecule is CC[C@H]1CC(=O)[C@@H]([C@H](O)[C@H](C)CCN(C)CC2COCCO2)N(C)C(=O)[C@@H](C(C)C)N(C)C(=O)[C@@H](CC(C)C)N(C)C(=O)C(C(C)C)N(C)C(=O)[C@H](C)NC(=O)[C@@H](C)CC(=O)[C@@H](CC(C)C)N(C)C(=O)[C@@H](C(C)C)CC(=O)[C@H](CC(C)C)N(C)C(=O)[C@@H](C)N(C)C1=O. The van der Waals surface area contributed by atoms with Crippen LogP contribution in [-0.4, -0.2) is 259 Å². The number of ketones is 3. The number of hydrogen-bond donors (Lipinski definition) is 2. The summed E-state index contributed by atoms with van der Waals surface area (Å²) in [5.74, 6) is -11.4. The molecule has 2 aliphatic heterocycles. The van der Waals surface area contributed by atoms with E-state index in [1.807, 2.05) is 67.3 Å². The van der Waals surface area contributed by atoms with Gasteiger partial charge in [0.2, 0.25) is 47.3 Å². The Balaban J connectivity index is 2.98. The van der Waals surface area contributed by atoms with E-state index < -0.39 is 161 Å². The number of aliphatic hydroxyl groups excluding tert-OH is 1. The molecule has 0 aliphatic carbocycles. The molecule has 0 bridgehead atoms. The van der Waals surface area contributed by atoms with Crippen LogP contribution in [0.2, 0.25) is 0 Å². The third kappa shape index (κ3) is 22.6. The predicted molar refractivity (Wildman–Crippen MR) is 355 cm³/mol. The fraction of sp³-hybridized carbons (Fsp3) is 0.841. The van der Waals surface area contributed by atoms with Crippen molar-refractivity contribution >= 4 is 64.6 Å². The van der Waals surface area contributed by atoms with Crippen LogP contribution in [0.5, 0.6) is 0 Å². The van der Waals surface area contributed by atoms with Gasteiger partial charge in [-0.2, -0.15) is 0 Å². The maximum atomic E-state index is 15.4. The minimum absolute atomic E-state index is 0.0736. The lowest BCUT2D eigenvalue weighted by Crippen LogP contribution is -2.62. The Hall–Kier alpha value is -5.39. The molecule has 23 heteroatoms. The van der Waals surface area contributed by atoms with Crippen molar-refractivity contribution in [2.24, 2.45) is 59.2 Å². The largest absolute Gasteiger partial charge is 0.390 e. The molecule has 2 unspecified atom stereocenters. The topological polar surface area (TPSA) is 264 Å². The minimum Gasteiger partial charge on any atom is -0.390 e. The number of likely N-dealkylation sites (N-methyl/N-ethyl adjacent to an activating group) is 8. The highest BCUT2D eigenvalue weighted by Gasteiger charge is 2.46. The second kappa shape index (κ2) is 37.6. The van der Waals surface area contributed by atoms with Gasteiger partial charge in [0.05, 0.1) is 44.1 Å². The van der Waals surface area contributed by atoms with Gasteiger partial charge in [-0.3, -0.25) is 52.7 Å². The predicted octanol–water partition coefficient (Wildman–Crippen LogP) is 5.31. The molecule has 2 N–H and O–H groups in total. The van der Waals surface area contributed by atoms with Gasteiger partial charge in [0.25, 0.3) is 0 Å². The Morgan fingerprint density at radius 3 is 1.43 bits per heavy atom. The van der Waals surface area contributed by atoms with Crippen LogP contribution in [0.1, 0.15) is 169 Å². The fourth-order valence-electron chi connectivity index (χ4n) is 12.9. The number of Topliss-reactive ketones (excluding diaryl/α,β-unsaturated/α-hetero) is 3. The molecule has 92 heavy (non-hydrogen) atoms. The van der Waals surface area contributed by atoms with Crippen LogP contribution < -0.4 is 5.32 Å². The van der Waals surface area contributed by atoms with Crippen molar-refractivity contribution in [1.82, 2.24) is 44.5 Å². The summed E-state index contributed by atoms with van der Waals surface area (Å²) in [7, 11) is 12.2. The monoisotopic (exact) mass is 1300 g/mol. The molecule has 2 heterocycles. The molecule has 0 aromatic carbocycles. The summed E-state index contributed by atoms with van der Waals surface area (Å²) in [6.45, 7) is 32.5. The van der Waals surface area contributed by atoms with Gasteiger partial charge in [-0.05, 0) is 101 Å². The average Bonchev–Trinajstić information content (AvgIpc) is 0.889. The summed E-state index contributed by atoms with van der Waals surface area (Å²) >= 11 is 0. The highest BCUT2D eigenvalue weighted by molar-refractivity contribution is 6.00. The van der Waals surface area contributed by atoms with E-state index in [0.29, 0.717) is 39.3 Å². The Labute approximate surface area is 552 Å².